The zero-order chi connectivity index (χ0) is 23.5. The summed E-state index contributed by atoms with van der Waals surface area (Å²) in [6, 6.07) is 11.6. The number of nitrogens with zero attached hydrogens (tertiary/aromatic N) is 3. The predicted molar refractivity (Wildman–Crippen MR) is 148 cm³/mol. The second kappa shape index (κ2) is 12.0. The van der Waals surface area contributed by atoms with Crippen molar-refractivity contribution < 1.29 is 4.79 Å². The van der Waals surface area contributed by atoms with E-state index in [1.54, 1.807) is 0 Å². The minimum absolute atomic E-state index is 0. The average Bonchev–Trinajstić information content (AvgIpc) is 2.77. The fraction of sp³-hybridized carbons (Fsp3) is 0.360. The van der Waals surface area contributed by atoms with Gasteiger partial charge in [0.05, 0.1) is 17.6 Å². The van der Waals surface area contributed by atoms with Crippen molar-refractivity contribution in [1.29, 1.82) is 0 Å². The van der Waals surface area contributed by atoms with E-state index in [-0.39, 0.29) is 54.7 Å². The minimum atomic E-state index is -0.244. The van der Waals surface area contributed by atoms with Crippen molar-refractivity contribution in [3.63, 3.8) is 0 Å². The fourth-order valence-electron chi connectivity index (χ4n) is 4.27. The highest BCUT2D eigenvalue weighted by Crippen LogP contribution is 2.29. The summed E-state index contributed by atoms with van der Waals surface area (Å²) < 4.78 is 0. The number of fused-ring (bicyclic) bond motifs is 1. The Morgan fingerprint density at radius 1 is 0.971 bits per heavy atom. The molecule has 1 aliphatic carbocycles. The number of aliphatic imine (C=N–C) groups is 1. The lowest BCUT2D eigenvalue weighted by molar-refractivity contribution is 0.102. The van der Waals surface area contributed by atoms with Crippen LogP contribution in [0.2, 0.25) is 0 Å². The van der Waals surface area contributed by atoms with Crippen molar-refractivity contribution in [3.05, 3.63) is 58.7 Å². The van der Waals surface area contributed by atoms with Crippen LogP contribution in [0.1, 0.15) is 52.7 Å². The van der Waals surface area contributed by atoms with E-state index in [4.69, 9.17) is 16.5 Å². The number of rotatable bonds is 5. The molecule has 0 saturated heterocycles. The molecule has 6 N–H and O–H groups in total. The van der Waals surface area contributed by atoms with Gasteiger partial charge in [-0.1, -0.05) is 30.5 Å². The number of halogens is 2. The molecule has 1 amide bonds. The SMILES string of the molecule is Cc1ccc2nc(NC(=O)c3ccc(C)c(C)c3)nc(N[C@H]3CCCC[C@H]3N=C(N)N)c2c1.Cl.Cl. The number of amides is 1. The number of anilines is 2. The molecule has 1 aliphatic rings. The van der Waals surface area contributed by atoms with Gasteiger partial charge in [-0.15, -0.1) is 24.8 Å². The molecular formula is C25H33Cl2N7O. The van der Waals surface area contributed by atoms with Gasteiger partial charge in [-0.3, -0.25) is 10.1 Å². The van der Waals surface area contributed by atoms with Crippen LogP contribution in [0.5, 0.6) is 0 Å². The highest BCUT2D eigenvalue weighted by atomic mass is 35.5. The molecule has 0 spiro atoms. The van der Waals surface area contributed by atoms with E-state index in [1.807, 2.05) is 57.2 Å². The number of carbonyl (C=O) groups is 1. The van der Waals surface area contributed by atoms with Crippen molar-refractivity contribution in [2.75, 3.05) is 10.6 Å². The topological polar surface area (TPSA) is 131 Å². The van der Waals surface area contributed by atoms with Crippen molar-refractivity contribution in [2.24, 2.45) is 16.5 Å². The summed E-state index contributed by atoms with van der Waals surface area (Å²) in [5.41, 5.74) is 16.0. The summed E-state index contributed by atoms with van der Waals surface area (Å²) in [4.78, 5) is 26.6. The largest absolute Gasteiger partial charge is 0.370 e. The highest BCUT2D eigenvalue weighted by Gasteiger charge is 2.26. The molecule has 0 radical (unpaired) electrons. The van der Waals surface area contributed by atoms with Crippen molar-refractivity contribution in [3.8, 4) is 0 Å². The van der Waals surface area contributed by atoms with Gasteiger partial charge < -0.3 is 16.8 Å². The quantitative estimate of drug-likeness (QED) is 0.287. The van der Waals surface area contributed by atoms with Crippen molar-refractivity contribution in [2.45, 2.75) is 58.5 Å². The average molecular weight is 518 g/mol. The number of benzene rings is 2. The van der Waals surface area contributed by atoms with Gasteiger partial charge in [-0.25, -0.2) is 9.98 Å². The monoisotopic (exact) mass is 517 g/mol. The highest BCUT2D eigenvalue weighted by molar-refractivity contribution is 6.04. The zero-order valence-corrected chi connectivity index (χ0v) is 21.8. The van der Waals surface area contributed by atoms with Crippen molar-refractivity contribution in [1.82, 2.24) is 9.97 Å². The molecule has 2 atom stereocenters. The van der Waals surface area contributed by atoms with Gasteiger partial charge in [0.15, 0.2) is 5.96 Å². The number of hydrogen-bond acceptors (Lipinski definition) is 5. The van der Waals surface area contributed by atoms with Crippen LogP contribution in [0.25, 0.3) is 10.9 Å². The lowest BCUT2D eigenvalue weighted by atomic mass is 9.90. The molecule has 1 aromatic heterocycles. The number of guanidine groups is 1. The molecular weight excluding hydrogens is 485 g/mol. The van der Waals surface area contributed by atoms with Gasteiger partial charge in [0.2, 0.25) is 5.95 Å². The molecule has 0 unspecified atom stereocenters. The summed E-state index contributed by atoms with van der Waals surface area (Å²) in [6.07, 6.45) is 4.02. The van der Waals surface area contributed by atoms with Crippen LogP contribution in [0, 0.1) is 20.8 Å². The molecule has 4 rings (SSSR count). The summed E-state index contributed by atoms with van der Waals surface area (Å²) in [5.74, 6) is 0.776. The molecule has 3 aromatic rings. The second-order valence-electron chi connectivity index (χ2n) is 8.83. The first kappa shape index (κ1) is 28.1. The molecule has 0 aliphatic heterocycles. The molecule has 1 fully saturated rings. The van der Waals surface area contributed by atoms with Crippen LogP contribution < -0.4 is 22.1 Å². The van der Waals surface area contributed by atoms with Gasteiger partial charge in [0.1, 0.15) is 5.82 Å². The smallest absolute Gasteiger partial charge is 0.258 e. The first-order valence-corrected chi connectivity index (χ1v) is 11.3. The van der Waals surface area contributed by atoms with E-state index in [9.17, 15) is 4.79 Å². The predicted octanol–water partition coefficient (Wildman–Crippen LogP) is 4.65. The van der Waals surface area contributed by atoms with Crippen LogP contribution in [0.3, 0.4) is 0 Å². The van der Waals surface area contributed by atoms with Gasteiger partial charge in [0, 0.05) is 10.9 Å². The standard InChI is InChI=1S/C25H31N7O.2ClH/c1-14-8-11-19-18(12-14)22(28-20-6-4-5-7-21(20)29-24(26)27)31-25(30-19)32-23(33)17-10-9-15(2)16(3)13-17;;/h8-13,20-21H,4-7H2,1-3H3,(H4,26,27,29)(H2,28,30,31,32,33);2*1H/t20-,21+;;/m0../s1. The Balaban J connectivity index is 0.00000216. The third-order valence-electron chi connectivity index (χ3n) is 6.21. The van der Waals surface area contributed by atoms with E-state index in [0.717, 1.165) is 53.3 Å². The first-order chi connectivity index (χ1) is 15.8. The lowest BCUT2D eigenvalue weighted by Gasteiger charge is -2.30. The Labute approximate surface area is 218 Å². The Bertz CT molecular complexity index is 1230. The Hall–Kier alpha value is -3.10. The van der Waals surface area contributed by atoms with E-state index < -0.39 is 0 Å². The van der Waals surface area contributed by atoms with Gasteiger partial charge in [-0.05, 0) is 69.0 Å². The van der Waals surface area contributed by atoms with Gasteiger partial charge >= 0.3 is 0 Å². The lowest BCUT2D eigenvalue weighted by Crippen LogP contribution is -2.38. The summed E-state index contributed by atoms with van der Waals surface area (Å²) >= 11 is 0. The number of aryl methyl sites for hydroxylation is 3. The zero-order valence-electron chi connectivity index (χ0n) is 20.2. The van der Waals surface area contributed by atoms with Crippen LogP contribution in [0.15, 0.2) is 41.4 Å². The molecule has 2 aromatic carbocycles. The molecule has 1 saturated carbocycles. The minimum Gasteiger partial charge on any atom is -0.370 e. The molecule has 1 heterocycles. The van der Waals surface area contributed by atoms with Crippen molar-refractivity contribution >= 4 is 59.3 Å². The molecule has 0 bridgehead atoms. The van der Waals surface area contributed by atoms with Crippen LogP contribution in [0.4, 0.5) is 11.8 Å². The molecule has 10 heteroatoms. The first-order valence-electron chi connectivity index (χ1n) is 11.3. The maximum absolute atomic E-state index is 12.9. The molecule has 8 nitrogen and oxygen atoms in total. The maximum Gasteiger partial charge on any atom is 0.258 e. The molecule has 188 valence electrons. The van der Waals surface area contributed by atoms with Gasteiger partial charge in [0.25, 0.3) is 5.91 Å². The Morgan fingerprint density at radius 3 is 2.43 bits per heavy atom. The Morgan fingerprint density at radius 2 is 1.71 bits per heavy atom. The third kappa shape index (κ3) is 6.74. The Kier molecular flexibility index (Phi) is 9.68. The van der Waals surface area contributed by atoms with E-state index in [1.165, 1.54) is 0 Å². The van der Waals surface area contributed by atoms with Crippen LogP contribution >= 0.6 is 24.8 Å². The number of nitrogens with one attached hydrogen (secondary N) is 2. The summed E-state index contributed by atoms with van der Waals surface area (Å²) in [7, 11) is 0. The molecule has 35 heavy (non-hydrogen) atoms. The van der Waals surface area contributed by atoms with E-state index in [0.29, 0.717) is 11.4 Å². The van der Waals surface area contributed by atoms with Crippen LogP contribution in [-0.4, -0.2) is 33.9 Å². The number of carbonyl (C=O) groups excluding carboxylic acids is 1. The van der Waals surface area contributed by atoms with Gasteiger partial charge in [-0.2, -0.15) is 4.98 Å². The van der Waals surface area contributed by atoms with Crippen LogP contribution in [-0.2, 0) is 0 Å². The third-order valence-corrected chi connectivity index (χ3v) is 6.21. The fourth-order valence-corrected chi connectivity index (χ4v) is 4.27. The van der Waals surface area contributed by atoms with E-state index >= 15 is 0 Å². The second-order valence-corrected chi connectivity index (χ2v) is 8.83. The summed E-state index contributed by atoms with van der Waals surface area (Å²) in [5, 5.41) is 7.32. The number of aromatic nitrogens is 2. The maximum atomic E-state index is 12.9. The van der Waals surface area contributed by atoms with E-state index in [2.05, 4.69) is 20.6 Å². The number of hydrogen-bond donors (Lipinski definition) is 4. The summed E-state index contributed by atoms with van der Waals surface area (Å²) in [6.45, 7) is 6.03. The normalized spacial score (nSPS) is 17.0. The number of nitrogens with two attached hydrogens (primary N) is 2.